The number of aromatic nitrogens is 3. The van der Waals surface area contributed by atoms with Gasteiger partial charge in [0.25, 0.3) is 0 Å². The number of thiazole rings is 1. The van der Waals surface area contributed by atoms with Crippen LogP contribution in [-0.2, 0) is 13.1 Å². The summed E-state index contributed by atoms with van der Waals surface area (Å²) in [4.78, 5) is 25.6. The van der Waals surface area contributed by atoms with E-state index < -0.39 is 12.7 Å². The number of anilines is 2. The van der Waals surface area contributed by atoms with Gasteiger partial charge in [0.2, 0.25) is 5.88 Å². The minimum atomic E-state index is -0.581. The average molecular weight is 430 g/mol. The van der Waals surface area contributed by atoms with Crippen molar-refractivity contribution in [1.82, 2.24) is 15.0 Å². The monoisotopic (exact) mass is 429 g/mol. The molecule has 4 aromatic rings. The SMILES string of the molecule is O=C(Nc1cccc(CF)c1)Nc1ncc(CCOc2ncnc3ccsc23)s1. The molecule has 0 saturated heterocycles. The van der Waals surface area contributed by atoms with Gasteiger partial charge in [-0.3, -0.25) is 5.32 Å². The van der Waals surface area contributed by atoms with Crippen LogP contribution in [0.1, 0.15) is 10.4 Å². The quantitative estimate of drug-likeness (QED) is 0.437. The molecular weight excluding hydrogens is 413 g/mol. The molecule has 3 heterocycles. The predicted octanol–water partition coefficient (Wildman–Crippen LogP) is 4.88. The lowest BCUT2D eigenvalue weighted by Gasteiger charge is -2.06. The number of thiophene rings is 1. The summed E-state index contributed by atoms with van der Waals surface area (Å²) in [5.74, 6) is 0.572. The van der Waals surface area contributed by atoms with E-state index in [1.165, 1.54) is 29.0 Å². The number of alkyl halides is 1. The Morgan fingerprint density at radius 1 is 1.17 bits per heavy atom. The number of urea groups is 1. The van der Waals surface area contributed by atoms with Crippen LogP contribution in [0, 0.1) is 0 Å². The molecule has 10 heteroatoms. The number of amides is 2. The molecule has 0 saturated carbocycles. The van der Waals surface area contributed by atoms with Crippen molar-refractivity contribution in [3.05, 3.63) is 58.7 Å². The number of carbonyl (C=O) groups is 1. The third-order valence-corrected chi connectivity index (χ3v) is 5.78. The van der Waals surface area contributed by atoms with Gasteiger partial charge in [0.05, 0.1) is 12.1 Å². The number of hydrogen-bond acceptors (Lipinski definition) is 7. The van der Waals surface area contributed by atoms with E-state index in [0.29, 0.717) is 35.3 Å². The van der Waals surface area contributed by atoms with Crippen molar-refractivity contribution in [2.24, 2.45) is 0 Å². The molecule has 0 aliphatic heterocycles. The van der Waals surface area contributed by atoms with Crippen molar-refractivity contribution in [1.29, 1.82) is 0 Å². The smallest absolute Gasteiger partial charge is 0.325 e. The second-order valence-corrected chi connectivity index (χ2v) is 7.99. The van der Waals surface area contributed by atoms with E-state index in [2.05, 4.69) is 25.6 Å². The van der Waals surface area contributed by atoms with Gasteiger partial charge in [-0.15, -0.1) is 22.7 Å². The number of benzene rings is 1. The molecule has 29 heavy (non-hydrogen) atoms. The minimum absolute atomic E-state index is 0.431. The first-order chi connectivity index (χ1) is 14.2. The third-order valence-electron chi connectivity index (χ3n) is 3.91. The Balaban J connectivity index is 1.29. The average Bonchev–Trinajstić information content (AvgIpc) is 3.38. The van der Waals surface area contributed by atoms with E-state index in [4.69, 9.17) is 4.74 Å². The topological polar surface area (TPSA) is 89.0 Å². The first-order valence-corrected chi connectivity index (χ1v) is 10.4. The zero-order valence-electron chi connectivity index (χ0n) is 15.1. The van der Waals surface area contributed by atoms with Crippen LogP contribution in [0.3, 0.4) is 0 Å². The molecule has 2 amide bonds. The van der Waals surface area contributed by atoms with Gasteiger partial charge in [-0.25, -0.2) is 24.1 Å². The summed E-state index contributed by atoms with van der Waals surface area (Å²) in [5, 5.41) is 7.77. The summed E-state index contributed by atoms with van der Waals surface area (Å²) in [7, 11) is 0. The summed E-state index contributed by atoms with van der Waals surface area (Å²) in [6.07, 6.45) is 3.82. The summed E-state index contributed by atoms with van der Waals surface area (Å²) >= 11 is 2.91. The molecule has 3 aromatic heterocycles. The fraction of sp³-hybridized carbons (Fsp3) is 0.158. The van der Waals surface area contributed by atoms with Crippen LogP contribution in [0.2, 0.25) is 0 Å². The number of fused-ring (bicyclic) bond motifs is 1. The molecule has 0 aliphatic rings. The van der Waals surface area contributed by atoms with E-state index in [0.717, 1.165) is 15.1 Å². The fourth-order valence-corrected chi connectivity index (χ4v) is 4.17. The van der Waals surface area contributed by atoms with E-state index in [-0.39, 0.29) is 0 Å². The van der Waals surface area contributed by atoms with E-state index in [9.17, 15) is 9.18 Å². The molecule has 2 N–H and O–H groups in total. The Morgan fingerprint density at radius 2 is 2.10 bits per heavy atom. The Morgan fingerprint density at radius 3 is 3.00 bits per heavy atom. The largest absolute Gasteiger partial charge is 0.476 e. The van der Waals surface area contributed by atoms with Crippen molar-refractivity contribution in [2.45, 2.75) is 13.1 Å². The van der Waals surface area contributed by atoms with Crippen LogP contribution in [0.4, 0.5) is 20.0 Å². The van der Waals surface area contributed by atoms with Crippen molar-refractivity contribution >= 4 is 49.7 Å². The standard InChI is InChI=1S/C19H16FN5O2S2/c20-9-12-2-1-3-13(8-12)24-18(26)25-19-21-10-14(29-19)4-6-27-17-16-15(5-7-28-16)22-11-23-17/h1-3,5,7-8,10-11H,4,6,9H2,(H2,21,24,25,26). The van der Waals surface area contributed by atoms with Gasteiger partial charge >= 0.3 is 6.03 Å². The lowest BCUT2D eigenvalue weighted by atomic mass is 10.2. The summed E-state index contributed by atoms with van der Waals surface area (Å²) in [5.41, 5.74) is 1.89. The highest BCUT2D eigenvalue weighted by atomic mass is 32.1. The number of nitrogens with zero attached hydrogens (tertiary/aromatic N) is 3. The number of hydrogen-bond donors (Lipinski definition) is 2. The molecule has 148 valence electrons. The molecular formula is C19H16FN5O2S2. The van der Waals surface area contributed by atoms with Gasteiger partial charge in [-0.05, 0) is 29.1 Å². The van der Waals surface area contributed by atoms with E-state index in [1.54, 1.807) is 30.5 Å². The number of ether oxygens (including phenoxy) is 1. The summed E-state index contributed by atoms with van der Waals surface area (Å²) in [6.45, 7) is -0.143. The molecule has 0 unspecified atom stereocenters. The summed E-state index contributed by atoms with van der Waals surface area (Å²) < 4.78 is 19.4. The Hall–Kier alpha value is -3.11. The maximum atomic E-state index is 12.7. The number of nitrogens with one attached hydrogen (secondary N) is 2. The van der Waals surface area contributed by atoms with Gasteiger partial charge in [0.15, 0.2) is 5.13 Å². The molecule has 0 atom stereocenters. The predicted molar refractivity (Wildman–Crippen MR) is 113 cm³/mol. The number of halogens is 1. The second kappa shape index (κ2) is 8.93. The van der Waals surface area contributed by atoms with Crippen molar-refractivity contribution in [2.75, 3.05) is 17.2 Å². The Kier molecular flexibility index (Phi) is 5.92. The zero-order valence-corrected chi connectivity index (χ0v) is 16.7. The Labute approximate surface area is 173 Å². The lowest BCUT2D eigenvalue weighted by Crippen LogP contribution is -2.19. The number of rotatable bonds is 7. The third kappa shape index (κ3) is 4.84. The first kappa shape index (κ1) is 19.2. The highest BCUT2D eigenvalue weighted by molar-refractivity contribution is 7.17. The number of carbonyl (C=O) groups excluding carboxylic acids is 1. The molecule has 0 radical (unpaired) electrons. The normalized spacial score (nSPS) is 10.8. The van der Waals surface area contributed by atoms with Crippen LogP contribution >= 0.6 is 22.7 Å². The maximum absolute atomic E-state index is 12.7. The molecule has 0 aliphatic carbocycles. The van der Waals surface area contributed by atoms with Crippen LogP contribution < -0.4 is 15.4 Å². The van der Waals surface area contributed by atoms with Gasteiger partial charge in [-0.1, -0.05) is 12.1 Å². The van der Waals surface area contributed by atoms with Gasteiger partial charge in [0, 0.05) is 23.2 Å². The Bertz CT molecular complexity index is 1130. The van der Waals surface area contributed by atoms with Crippen molar-refractivity contribution < 1.29 is 13.9 Å². The van der Waals surface area contributed by atoms with E-state index in [1.807, 2.05) is 11.4 Å². The van der Waals surface area contributed by atoms with Crippen molar-refractivity contribution in [3.63, 3.8) is 0 Å². The van der Waals surface area contributed by atoms with Crippen LogP contribution in [0.15, 0.2) is 48.2 Å². The fourth-order valence-electron chi connectivity index (χ4n) is 2.59. The second-order valence-electron chi connectivity index (χ2n) is 5.96. The maximum Gasteiger partial charge on any atom is 0.325 e. The van der Waals surface area contributed by atoms with Gasteiger partial charge < -0.3 is 10.1 Å². The first-order valence-electron chi connectivity index (χ1n) is 8.70. The molecule has 7 nitrogen and oxygen atoms in total. The molecule has 0 bridgehead atoms. The van der Waals surface area contributed by atoms with Gasteiger partial charge in [-0.2, -0.15) is 0 Å². The molecule has 0 fully saturated rings. The van der Waals surface area contributed by atoms with Crippen LogP contribution in [0.5, 0.6) is 5.88 Å². The minimum Gasteiger partial charge on any atom is -0.476 e. The molecule has 4 rings (SSSR count). The molecule has 0 spiro atoms. The van der Waals surface area contributed by atoms with Crippen LogP contribution in [-0.4, -0.2) is 27.6 Å². The highest BCUT2D eigenvalue weighted by Gasteiger charge is 2.09. The summed E-state index contributed by atoms with van der Waals surface area (Å²) in [6, 6.07) is 8.12. The highest BCUT2D eigenvalue weighted by Crippen LogP contribution is 2.27. The van der Waals surface area contributed by atoms with Gasteiger partial charge in [0.1, 0.15) is 17.7 Å². The zero-order chi connectivity index (χ0) is 20.1. The molecule has 1 aromatic carbocycles. The van der Waals surface area contributed by atoms with E-state index >= 15 is 0 Å². The lowest BCUT2D eigenvalue weighted by molar-refractivity contribution is 0.262. The van der Waals surface area contributed by atoms with Crippen LogP contribution in [0.25, 0.3) is 10.2 Å². The van der Waals surface area contributed by atoms with Crippen molar-refractivity contribution in [3.8, 4) is 5.88 Å².